The third-order valence-corrected chi connectivity index (χ3v) is 4.67. The first-order valence-electron chi connectivity index (χ1n) is 9.06. The van der Waals surface area contributed by atoms with Crippen LogP contribution < -0.4 is 15.4 Å². The van der Waals surface area contributed by atoms with Crippen LogP contribution in [-0.2, 0) is 4.79 Å². The molecule has 1 saturated heterocycles. The molecule has 2 atom stereocenters. The van der Waals surface area contributed by atoms with Crippen LogP contribution in [0.15, 0.2) is 18.2 Å². The summed E-state index contributed by atoms with van der Waals surface area (Å²) in [7, 11) is 0. The number of carbonyl (C=O) groups excluding carboxylic acids is 2. The zero-order chi connectivity index (χ0) is 21.8. The molecule has 1 aromatic rings. The first-order valence-corrected chi connectivity index (χ1v) is 9.06. The van der Waals surface area contributed by atoms with Crippen molar-refractivity contribution in [2.45, 2.75) is 45.2 Å². The van der Waals surface area contributed by atoms with Gasteiger partial charge in [-0.1, -0.05) is 6.92 Å². The van der Waals surface area contributed by atoms with E-state index in [1.54, 1.807) is 18.7 Å². The molecule has 0 aromatic heterocycles. The number of likely N-dealkylation sites (tertiary alicyclic amines) is 1. The van der Waals surface area contributed by atoms with Crippen molar-refractivity contribution in [2.24, 2.45) is 5.92 Å². The number of urea groups is 1. The van der Waals surface area contributed by atoms with Crippen molar-refractivity contribution in [1.29, 1.82) is 0 Å². The summed E-state index contributed by atoms with van der Waals surface area (Å²) in [5.41, 5.74) is -0.0344. The summed E-state index contributed by atoms with van der Waals surface area (Å²) < 4.78 is 53.6. The van der Waals surface area contributed by atoms with Crippen LogP contribution >= 0.6 is 0 Å². The Balaban J connectivity index is 1.83. The number of aliphatic hydroxyl groups excluding tert-OH is 1. The van der Waals surface area contributed by atoms with Crippen LogP contribution in [0.25, 0.3) is 0 Å². The summed E-state index contributed by atoms with van der Waals surface area (Å²) in [4.78, 5) is 25.9. The van der Waals surface area contributed by atoms with Crippen molar-refractivity contribution in [3.8, 4) is 5.75 Å². The fraction of sp³-hybridized carbons (Fsp3) is 0.556. The molecule has 162 valence electrons. The van der Waals surface area contributed by atoms with Crippen LogP contribution in [0.1, 0.15) is 26.7 Å². The maximum Gasteiger partial charge on any atom is 0.573 e. The fourth-order valence-electron chi connectivity index (χ4n) is 2.88. The molecule has 0 unspecified atom stereocenters. The molecule has 11 heteroatoms. The van der Waals surface area contributed by atoms with Crippen LogP contribution in [0.5, 0.6) is 5.75 Å². The molecule has 1 aromatic carbocycles. The van der Waals surface area contributed by atoms with E-state index in [1.165, 1.54) is 0 Å². The van der Waals surface area contributed by atoms with Crippen LogP contribution in [-0.4, -0.2) is 53.5 Å². The van der Waals surface area contributed by atoms with Crippen molar-refractivity contribution in [2.75, 3.05) is 18.4 Å². The van der Waals surface area contributed by atoms with Gasteiger partial charge in [0.25, 0.3) is 0 Å². The van der Waals surface area contributed by atoms with E-state index in [-0.39, 0.29) is 17.6 Å². The quantitative estimate of drug-likeness (QED) is 0.638. The summed E-state index contributed by atoms with van der Waals surface area (Å²) in [6.45, 7) is 4.03. The Hall–Kier alpha value is -2.56. The average Bonchev–Trinajstić information content (AvgIpc) is 2.62. The summed E-state index contributed by atoms with van der Waals surface area (Å²) in [6, 6.07) is 1.71. The normalized spacial score (nSPS) is 17.4. The number of carbonyl (C=O) groups is 2. The van der Waals surface area contributed by atoms with E-state index < -0.39 is 36.0 Å². The Labute approximate surface area is 165 Å². The summed E-state index contributed by atoms with van der Waals surface area (Å²) in [5, 5.41) is 14.5. The average molecular weight is 421 g/mol. The predicted octanol–water partition coefficient (Wildman–Crippen LogP) is 2.85. The highest BCUT2D eigenvalue weighted by Gasteiger charge is 2.32. The third-order valence-electron chi connectivity index (χ3n) is 4.67. The van der Waals surface area contributed by atoms with Gasteiger partial charge in [-0.2, -0.15) is 0 Å². The molecule has 1 aliphatic heterocycles. The van der Waals surface area contributed by atoms with Gasteiger partial charge in [0.15, 0.2) is 11.6 Å². The van der Waals surface area contributed by atoms with Gasteiger partial charge < -0.3 is 25.4 Å². The molecule has 0 radical (unpaired) electrons. The van der Waals surface area contributed by atoms with E-state index >= 15 is 0 Å². The minimum absolute atomic E-state index is 0.0344. The second-order valence-electron chi connectivity index (χ2n) is 6.92. The number of aliphatic hydroxyl groups is 1. The standard InChI is InChI=1S/C18H23F4N3O4/c1-10(11(2)26)16(27)25-7-5-12(6-8-25)23-17(28)24-13-3-4-15(14(19)9-13)29-18(20,21)22/h3-4,9-12,26H,5-8H2,1-2H3,(H2,23,24,28)/t10-,11-/m0/s1. The molecule has 0 bridgehead atoms. The SMILES string of the molecule is C[C@H](O)[C@H](C)C(=O)N1CCC(NC(=O)Nc2ccc(OC(F)(F)F)c(F)c2)CC1. The molecular weight excluding hydrogens is 398 g/mol. The summed E-state index contributed by atoms with van der Waals surface area (Å²) in [5.74, 6) is -2.92. The van der Waals surface area contributed by atoms with E-state index in [1.807, 2.05) is 0 Å². The molecule has 0 saturated carbocycles. The first-order chi connectivity index (χ1) is 13.5. The van der Waals surface area contributed by atoms with Gasteiger partial charge in [0.05, 0.1) is 12.0 Å². The second kappa shape index (κ2) is 9.29. The van der Waals surface area contributed by atoms with Crippen LogP contribution in [0.4, 0.5) is 28.0 Å². The monoisotopic (exact) mass is 421 g/mol. The number of hydrogen-bond acceptors (Lipinski definition) is 4. The molecule has 1 fully saturated rings. The number of nitrogens with zero attached hydrogens (tertiary/aromatic N) is 1. The highest BCUT2D eigenvalue weighted by atomic mass is 19.4. The Morgan fingerprint density at radius 1 is 1.24 bits per heavy atom. The Bertz CT molecular complexity index is 734. The zero-order valence-electron chi connectivity index (χ0n) is 15.9. The van der Waals surface area contributed by atoms with Crippen molar-refractivity contribution in [3.05, 3.63) is 24.0 Å². The van der Waals surface area contributed by atoms with Crippen molar-refractivity contribution >= 4 is 17.6 Å². The molecule has 1 aliphatic rings. The Kier molecular flexibility index (Phi) is 7.28. The van der Waals surface area contributed by atoms with Gasteiger partial charge in [0, 0.05) is 30.9 Å². The lowest BCUT2D eigenvalue weighted by atomic mass is 10.0. The van der Waals surface area contributed by atoms with Gasteiger partial charge in [-0.05, 0) is 31.9 Å². The van der Waals surface area contributed by atoms with E-state index in [2.05, 4.69) is 15.4 Å². The molecule has 0 aliphatic carbocycles. The zero-order valence-corrected chi connectivity index (χ0v) is 15.9. The highest BCUT2D eigenvalue weighted by molar-refractivity contribution is 5.89. The maximum absolute atomic E-state index is 13.7. The third kappa shape index (κ3) is 6.77. The minimum Gasteiger partial charge on any atom is -0.403 e. The number of nitrogens with one attached hydrogen (secondary N) is 2. The van der Waals surface area contributed by atoms with Gasteiger partial charge in [-0.25, -0.2) is 9.18 Å². The predicted molar refractivity (Wildman–Crippen MR) is 95.7 cm³/mol. The van der Waals surface area contributed by atoms with Gasteiger partial charge in [0.1, 0.15) is 0 Å². The topological polar surface area (TPSA) is 90.9 Å². The number of anilines is 1. The molecule has 3 N–H and O–H groups in total. The number of alkyl halides is 3. The number of rotatable bonds is 5. The number of amides is 3. The lowest BCUT2D eigenvalue weighted by Gasteiger charge is -2.34. The van der Waals surface area contributed by atoms with Crippen LogP contribution in [0.2, 0.25) is 0 Å². The lowest BCUT2D eigenvalue weighted by molar-refractivity contribution is -0.275. The van der Waals surface area contributed by atoms with Gasteiger partial charge in [-0.15, -0.1) is 13.2 Å². The van der Waals surface area contributed by atoms with E-state index in [0.29, 0.717) is 25.9 Å². The van der Waals surface area contributed by atoms with Crippen LogP contribution in [0.3, 0.4) is 0 Å². The van der Waals surface area contributed by atoms with Crippen molar-refractivity contribution < 1.29 is 37.0 Å². The van der Waals surface area contributed by atoms with Crippen molar-refractivity contribution in [3.63, 3.8) is 0 Å². The molecule has 3 amide bonds. The van der Waals surface area contributed by atoms with E-state index in [9.17, 15) is 32.3 Å². The number of hydrogen-bond donors (Lipinski definition) is 3. The van der Waals surface area contributed by atoms with Crippen LogP contribution in [0, 0.1) is 11.7 Å². The Morgan fingerprint density at radius 2 is 1.86 bits per heavy atom. The second-order valence-corrected chi connectivity index (χ2v) is 6.92. The van der Waals surface area contributed by atoms with E-state index in [4.69, 9.17) is 0 Å². The number of piperidine rings is 1. The molecule has 7 nitrogen and oxygen atoms in total. The molecule has 2 rings (SSSR count). The number of ether oxygens (including phenoxy) is 1. The summed E-state index contributed by atoms with van der Waals surface area (Å²) in [6.07, 6.45) is -4.77. The van der Waals surface area contributed by atoms with Gasteiger partial charge in [-0.3, -0.25) is 4.79 Å². The smallest absolute Gasteiger partial charge is 0.403 e. The maximum atomic E-state index is 13.7. The summed E-state index contributed by atoms with van der Waals surface area (Å²) >= 11 is 0. The lowest BCUT2D eigenvalue weighted by Crippen LogP contribution is -2.49. The molecular formula is C18H23F4N3O4. The molecule has 0 spiro atoms. The number of halogens is 4. The largest absolute Gasteiger partial charge is 0.573 e. The molecule has 1 heterocycles. The molecule has 29 heavy (non-hydrogen) atoms. The first kappa shape index (κ1) is 22.7. The van der Waals surface area contributed by atoms with Gasteiger partial charge in [0.2, 0.25) is 5.91 Å². The minimum atomic E-state index is -5.02. The van der Waals surface area contributed by atoms with Gasteiger partial charge >= 0.3 is 12.4 Å². The number of benzene rings is 1. The Morgan fingerprint density at radius 3 is 2.38 bits per heavy atom. The highest BCUT2D eigenvalue weighted by Crippen LogP contribution is 2.27. The van der Waals surface area contributed by atoms with E-state index in [0.717, 1.165) is 18.2 Å². The fourth-order valence-corrected chi connectivity index (χ4v) is 2.88. The van der Waals surface area contributed by atoms with Crippen molar-refractivity contribution in [1.82, 2.24) is 10.2 Å².